The van der Waals surface area contributed by atoms with E-state index in [1.165, 1.54) is 11.3 Å². The number of halogens is 2. The summed E-state index contributed by atoms with van der Waals surface area (Å²) in [5, 5.41) is 3.83. The van der Waals surface area contributed by atoms with E-state index in [4.69, 9.17) is 0 Å². The van der Waals surface area contributed by atoms with Gasteiger partial charge in [-0.05, 0) is 28.3 Å². The average molecular weight is 426 g/mol. The first-order chi connectivity index (χ1) is 10.1. The fraction of sp³-hybridized carbons (Fsp3) is 0.125. The summed E-state index contributed by atoms with van der Waals surface area (Å²) in [5.74, 6) is 0.161. The van der Waals surface area contributed by atoms with Gasteiger partial charge in [-0.3, -0.25) is 9.59 Å². The summed E-state index contributed by atoms with van der Waals surface area (Å²) < 4.78 is 1.09. The molecule has 0 spiro atoms. The fourth-order valence-electron chi connectivity index (χ4n) is 2.28. The molecule has 0 aliphatic heterocycles. The maximum absolute atomic E-state index is 11.8. The van der Waals surface area contributed by atoms with Gasteiger partial charge in [-0.25, -0.2) is 0 Å². The molecule has 2 aromatic carbocycles. The highest BCUT2D eigenvalue weighted by molar-refractivity contribution is 9.09. The molecule has 3 aromatic rings. The molecule has 21 heavy (non-hydrogen) atoms. The van der Waals surface area contributed by atoms with E-state index in [9.17, 15) is 9.59 Å². The molecule has 2 nitrogen and oxygen atoms in total. The highest BCUT2D eigenvalue weighted by Gasteiger charge is 2.12. The Morgan fingerprint density at radius 1 is 0.905 bits per heavy atom. The van der Waals surface area contributed by atoms with Gasteiger partial charge in [0.25, 0.3) is 0 Å². The second kappa shape index (κ2) is 5.99. The van der Waals surface area contributed by atoms with Crippen LogP contribution in [0.1, 0.15) is 20.0 Å². The minimum atomic E-state index is 0.0679. The lowest BCUT2D eigenvalue weighted by atomic mass is 10.0. The zero-order valence-corrected chi connectivity index (χ0v) is 14.8. The highest BCUT2D eigenvalue weighted by Crippen LogP contribution is 2.33. The van der Waals surface area contributed by atoms with Crippen molar-refractivity contribution in [2.24, 2.45) is 0 Å². The standard InChI is InChI=1S/C16H10Br2O2S/c17-7-13(19)10-3-4-12-9(5-10)1-2-11-6-15(14(20)8-18)21-16(11)12/h1-6H,7-8H2. The SMILES string of the molecule is O=C(CBr)c1ccc2c(ccc3cc(C(=O)CBr)sc32)c1. The molecule has 0 fully saturated rings. The Bertz CT molecular complexity index is 867. The van der Waals surface area contributed by atoms with Gasteiger partial charge >= 0.3 is 0 Å². The highest BCUT2D eigenvalue weighted by atomic mass is 79.9. The van der Waals surface area contributed by atoms with Crippen LogP contribution in [-0.2, 0) is 0 Å². The minimum Gasteiger partial charge on any atom is -0.293 e. The predicted molar refractivity (Wildman–Crippen MR) is 95.6 cm³/mol. The topological polar surface area (TPSA) is 34.1 Å². The summed E-state index contributed by atoms with van der Waals surface area (Å²) >= 11 is 7.91. The van der Waals surface area contributed by atoms with E-state index in [2.05, 4.69) is 31.9 Å². The summed E-state index contributed by atoms with van der Waals surface area (Å²) in [4.78, 5) is 24.3. The van der Waals surface area contributed by atoms with Crippen molar-refractivity contribution in [3.05, 3.63) is 46.8 Å². The van der Waals surface area contributed by atoms with E-state index >= 15 is 0 Å². The van der Waals surface area contributed by atoms with Crippen LogP contribution in [0.25, 0.3) is 20.9 Å². The Labute approximate surface area is 142 Å². The Balaban J connectivity index is 2.21. The Kier molecular flexibility index (Phi) is 4.24. The number of fused-ring (bicyclic) bond motifs is 3. The van der Waals surface area contributed by atoms with Crippen molar-refractivity contribution in [3.63, 3.8) is 0 Å². The van der Waals surface area contributed by atoms with E-state index < -0.39 is 0 Å². The van der Waals surface area contributed by atoms with E-state index in [1.807, 2.05) is 36.4 Å². The van der Waals surface area contributed by atoms with Gasteiger partial charge in [-0.15, -0.1) is 11.3 Å². The molecule has 0 atom stereocenters. The molecule has 1 heterocycles. The molecular formula is C16H10Br2O2S. The van der Waals surface area contributed by atoms with Crippen molar-refractivity contribution < 1.29 is 9.59 Å². The van der Waals surface area contributed by atoms with Gasteiger partial charge < -0.3 is 0 Å². The monoisotopic (exact) mass is 424 g/mol. The lowest BCUT2D eigenvalue weighted by Gasteiger charge is -2.02. The van der Waals surface area contributed by atoms with Crippen molar-refractivity contribution in [2.75, 3.05) is 10.7 Å². The van der Waals surface area contributed by atoms with Crippen LogP contribution < -0.4 is 0 Å². The molecule has 1 aromatic heterocycles. The predicted octanol–water partition coefficient (Wildman–Crippen LogP) is 5.21. The number of carbonyl (C=O) groups is 2. The molecule has 0 radical (unpaired) electrons. The van der Waals surface area contributed by atoms with Crippen LogP contribution >= 0.6 is 43.2 Å². The number of hydrogen-bond acceptors (Lipinski definition) is 3. The zero-order valence-electron chi connectivity index (χ0n) is 10.9. The second-order valence-electron chi connectivity index (χ2n) is 4.64. The van der Waals surface area contributed by atoms with Crippen LogP contribution in [-0.4, -0.2) is 22.2 Å². The molecule has 0 aliphatic carbocycles. The van der Waals surface area contributed by atoms with Crippen LogP contribution in [0.5, 0.6) is 0 Å². The van der Waals surface area contributed by atoms with Gasteiger partial charge in [-0.2, -0.15) is 0 Å². The van der Waals surface area contributed by atoms with Gasteiger partial charge in [0, 0.05) is 10.3 Å². The molecule has 106 valence electrons. The van der Waals surface area contributed by atoms with Gasteiger partial charge in [0.2, 0.25) is 0 Å². The summed E-state index contributed by atoms with van der Waals surface area (Å²) in [6.45, 7) is 0. The third-order valence-corrected chi connectivity index (χ3v) is 5.58. The van der Waals surface area contributed by atoms with E-state index in [1.54, 1.807) is 0 Å². The van der Waals surface area contributed by atoms with Gasteiger partial charge in [0.05, 0.1) is 15.5 Å². The number of benzene rings is 2. The maximum atomic E-state index is 11.8. The molecule has 0 amide bonds. The van der Waals surface area contributed by atoms with Crippen molar-refractivity contribution in [2.45, 2.75) is 0 Å². The first kappa shape index (κ1) is 14.9. The smallest absolute Gasteiger partial charge is 0.183 e. The lowest BCUT2D eigenvalue weighted by Crippen LogP contribution is -1.99. The molecule has 5 heteroatoms. The number of rotatable bonds is 4. The summed E-state index contributed by atoms with van der Waals surface area (Å²) in [6.07, 6.45) is 0. The van der Waals surface area contributed by atoms with Crippen molar-refractivity contribution >= 4 is 75.6 Å². The minimum absolute atomic E-state index is 0.0679. The van der Waals surface area contributed by atoms with Crippen molar-refractivity contribution in [1.29, 1.82) is 0 Å². The van der Waals surface area contributed by atoms with Gasteiger partial charge in [-0.1, -0.05) is 56.1 Å². The van der Waals surface area contributed by atoms with E-state index in [0.29, 0.717) is 16.2 Å². The van der Waals surface area contributed by atoms with Crippen molar-refractivity contribution in [1.82, 2.24) is 0 Å². The summed E-state index contributed by atoms with van der Waals surface area (Å²) in [5.41, 5.74) is 0.701. The average Bonchev–Trinajstić information content (AvgIpc) is 2.97. The molecule has 3 rings (SSSR count). The first-order valence-corrected chi connectivity index (χ1v) is 9.34. The third-order valence-electron chi connectivity index (χ3n) is 3.34. The normalized spacial score (nSPS) is 11.1. The number of Topliss-reactive ketones (excluding diaryl/α,β-unsaturated/α-hetero) is 2. The van der Waals surface area contributed by atoms with Crippen molar-refractivity contribution in [3.8, 4) is 0 Å². The van der Waals surface area contributed by atoms with Gasteiger partial charge in [0.15, 0.2) is 11.6 Å². The van der Waals surface area contributed by atoms with E-state index in [-0.39, 0.29) is 11.6 Å². The Hall–Kier alpha value is -1.04. The molecule has 0 bridgehead atoms. The molecule has 0 aliphatic rings. The molecule has 0 saturated heterocycles. The van der Waals surface area contributed by atoms with Crippen LogP contribution in [0.4, 0.5) is 0 Å². The summed E-state index contributed by atoms with van der Waals surface area (Å²) in [7, 11) is 0. The third kappa shape index (κ3) is 2.70. The van der Waals surface area contributed by atoms with Crippen LogP contribution in [0, 0.1) is 0 Å². The Morgan fingerprint density at radius 2 is 1.62 bits per heavy atom. The number of hydrogen-bond donors (Lipinski definition) is 0. The van der Waals surface area contributed by atoms with Gasteiger partial charge in [0.1, 0.15) is 0 Å². The Morgan fingerprint density at radius 3 is 2.33 bits per heavy atom. The number of alkyl halides is 2. The zero-order chi connectivity index (χ0) is 15.0. The molecule has 0 N–H and O–H groups in total. The fourth-order valence-corrected chi connectivity index (χ4v) is 4.22. The molecule has 0 unspecified atom stereocenters. The number of thiophene rings is 1. The first-order valence-electron chi connectivity index (χ1n) is 6.28. The summed E-state index contributed by atoms with van der Waals surface area (Å²) in [6, 6.07) is 11.6. The second-order valence-corrected chi connectivity index (χ2v) is 6.82. The number of ketones is 2. The van der Waals surface area contributed by atoms with Crippen LogP contribution in [0.15, 0.2) is 36.4 Å². The maximum Gasteiger partial charge on any atom is 0.183 e. The molecular weight excluding hydrogens is 416 g/mol. The number of carbonyl (C=O) groups excluding carboxylic acids is 2. The quantitative estimate of drug-likeness (QED) is 0.424. The van der Waals surface area contributed by atoms with Crippen LogP contribution in [0.3, 0.4) is 0 Å². The van der Waals surface area contributed by atoms with E-state index in [0.717, 1.165) is 25.7 Å². The lowest BCUT2D eigenvalue weighted by molar-refractivity contribution is 0.101. The molecule has 0 saturated carbocycles. The largest absolute Gasteiger partial charge is 0.293 e. The van der Waals surface area contributed by atoms with Crippen LogP contribution in [0.2, 0.25) is 0 Å².